The Labute approximate surface area is 316 Å². The van der Waals surface area contributed by atoms with Crippen molar-refractivity contribution in [1.29, 1.82) is 0 Å². The molecule has 0 fully saturated rings. The number of unbranched alkanes of at least 4 members (excludes halogenated alkanes) is 9. The summed E-state index contributed by atoms with van der Waals surface area (Å²) in [6.07, 6.45) is 9.00. The highest BCUT2D eigenvalue weighted by Gasteiger charge is 2.27. The van der Waals surface area contributed by atoms with Gasteiger partial charge in [0, 0.05) is 49.4 Å². The molecule has 0 unspecified atom stereocenters. The van der Waals surface area contributed by atoms with E-state index in [1.165, 1.54) is 0 Å². The van der Waals surface area contributed by atoms with Crippen LogP contribution in [0.25, 0.3) is 0 Å². The van der Waals surface area contributed by atoms with Crippen molar-refractivity contribution in [3.63, 3.8) is 0 Å². The molecule has 16 nitrogen and oxygen atoms in total. The van der Waals surface area contributed by atoms with Crippen molar-refractivity contribution in [2.45, 2.75) is 176 Å². The number of rotatable bonds is 22. The van der Waals surface area contributed by atoms with Gasteiger partial charge in [-0.15, -0.1) is 4.68 Å². The van der Waals surface area contributed by atoms with Gasteiger partial charge in [-0.1, -0.05) is 51.9 Å². The lowest BCUT2D eigenvalue weighted by Gasteiger charge is -2.29. The van der Waals surface area contributed by atoms with Crippen molar-refractivity contribution in [3.05, 3.63) is 31.5 Å². The number of nitrogens with one attached hydrogen (secondary N) is 5. The molecule has 0 aromatic carbocycles. The Hall–Kier alpha value is -3.82. The van der Waals surface area contributed by atoms with Crippen molar-refractivity contribution < 1.29 is 19.1 Å². The van der Waals surface area contributed by atoms with E-state index in [1.54, 1.807) is 20.8 Å². The van der Waals surface area contributed by atoms with Crippen LogP contribution in [0.2, 0.25) is 0 Å². The van der Waals surface area contributed by atoms with Gasteiger partial charge in [0.25, 0.3) is 0 Å². The second-order valence-corrected chi connectivity index (χ2v) is 16.7. The molecule has 1 aromatic heterocycles. The minimum atomic E-state index is -0.907. The zero-order chi connectivity index (χ0) is 40.2. The minimum Gasteiger partial charge on any atom is -0.359 e. The number of carbonyl (C=O) groups excluding carboxylic acids is 3. The summed E-state index contributed by atoms with van der Waals surface area (Å²) in [5, 5.41) is 15.1. The molecular weight excluding hydrogens is 682 g/mol. The fourth-order valence-corrected chi connectivity index (χ4v) is 5.25. The zero-order valence-corrected chi connectivity index (χ0v) is 34.4. The monoisotopic (exact) mass is 754 g/mol. The Morgan fingerprint density at radius 2 is 0.981 bits per heavy atom. The predicted octanol–water partition coefficient (Wildman–Crippen LogP) is 4.49. The van der Waals surface area contributed by atoms with Crippen molar-refractivity contribution in [3.8, 4) is 0 Å². The van der Waals surface area contributed by atoms with E-state index in [1.807, 2.05) is 41.5 Å². The summed E-state index contributed by atoms with van der Waals surface area (Å²) in [4.78, 5) is 79.2. The van der Waals surface area contributed by atoms with E-state index in [-0.39, 0.29) is 43.0 Å². The van der Waals surface area contributed by atoms with Crippen LogP contribution in [-0.4, -0.2) is 74.9 Å². The molecule has 0 saturated carbocycles. The third kappa shape index (κ3) is 20.3. The van der Waals surface area contributed by atoms with E-state index in [0.29, 0.717) is 58.2 Å². The molecule has 0 radical (unpaired) electrons. The zero-order valence-electron chi connectivity index (χ0n) is 34.4. The molecule has 6 amide bonds. The molecule has 5 N–H and O–H groups in total. The van der Waals surface area contributed by atoms with Gasteiger partial charge >= 0.3 is 35.2 Å². The highest BCUT2D eigenvalue weighted by Crippen LogP contribution is 2.05. The topological polar surface area (TPSA) is 190 Å². The van der Waals surface area contributed by atoms with Gasteiger partial charge in [0.15, 0.2) is 0 Å². The molecule has 0 aliphatic heterocycles. The number of nitrogens with zero attached hydrogens (tertiary/aromatic N) is 4. The van der Waals surface area contributed by atoms with Crippen LogP contribution in [-0.2, 0) is 17.8 Å². The molecule has 0 bridgehead atoms. The van der Waals surface area contributed by atoms with E-state index >= 15 is 0 Å². The maximum atomic E-state index is 13.9. The maximum absolute atomic E-state index is 13.9. The van der Waals surface area contributed by atoms with Gasteiger partial charge in [-0.3, -0.25) is 0 Å². The number of amides is 6. The molecule has 0 aliphatic rings. The Balaban J connectivity index is 3.20. The van der Waals surface area contributed by atoms with E-state index in [0.717, 1.165) is 57.3 Å². The van der Waals surface area contributed by atoms with Crippen LogP contribution in [0, 0.1) is 0 Å². The average Bonchev–Trinajstić information content (AvgIpc) is 3.01. The first-order chi connectivity index (χ1) is 24.7. The Morgan fingerprint density at radius 3 is 1.40 bits per heavy atom. The number of hydrogen-bond donors (Lipinski definition) is 5. The fraction of sp³-hybridized carbons (Fsp3) is 0.838. The van der Waals surface area contributed by atoms with Crippen LogP contribution in [0.1, 0.15) is 146 Å². The normalized spacial score (nSPS) is 12.0. The Bertz CT molecular complexity index is 1370. The van der Waals surface area contributed by atoms with Crippen LogP contribution in [0.15, 0.2) is 14.4 Å². The standard InChI is InChI=1S/C37H71N9O7/c1-11-12-13-22-27-53-28-45(31(49)42-37(8,9)10)46-33(51)43(25-20-16-14-18-23-38-29(47)40-35(2,3)4)32(50)44(34(46)52)26-21-17-15-19-24-39-30(48)41-36(5,6)7/h11-28H2,1-10H3,(H,42,49)(H2,38,40,47)(H2,39,41,48). The highest BCUT2D eigenvalue weighted by atomic mass is 16.5. The SMILES string of the molecule is CCCCCCOCN(C(=O)NC(C)(C)C)n1c(=O)n(CCCCCCNC(=O)NC(C)(C)C)c(=O)n(CCCCCCNC(=O)NC(C)(C)C)c1=O. The molecule has 0 spiro atoms. The summed E-state index contributed by atoms with van der Waals surface area (Å²) in [5.41, 5.74) is -3.91. The van der Waals surface area contributed by atoms with E-state index in [4.69, 9.17) is 4.74 Å². The molecule has 16 heteroatoms. The molecule has 0 saturated heterocycles. The Kier molecular flexibility index (Phi) is 20.5. The smallest absolute Gasteiger partial charge is 0.356 e. The summed E-state index contributed by atoms with van der Waals surface area (Å²) >= 11 is 0. The molecule has 306 valence electrons. The molecule has 53 heavy (non-hydrogen) atoms. The van der Waals surface area contributed by atoms with Crippen LogP contribution < -0.4 is 48.7 Å². The molecule has 1 rings (SSSR count). The highest BCUT2D eigenvalue weighted by molar-refractivity contribution is 5.84. The lowest BCUT2D eigenvalue weighted by atomic mass is 10.1. The molecule has 1 heterocycles. The summed E-state index contributed by atoms with van der Waals surface area (Å²) in [5.74, 6) is 0. The Morgan fingerprint density at radius 1 is 0.566 bits per heavy atom. The summed E-state index contributed by atoms with van der Waals surface area (Å²) in [6.45, 7) is 19.9. The lowest BCUT2D eigenvalue weighted by Crippen LogP contribution is -2.65. The van der Waals surface area contributed by atoms with Crippen molar-refractivity contribution in [2.75, 3.05) is 31.4 Å². The van der Waals surface area contributed by atoms with Crippen molar-refractivity contribution >= 4 is 18.1 Å². The fourth-order valence-electron chi connectivity index (χ4n) is 5.25. The van der Waals surface area contributed by atoms with Crippen molar-refractivity contribution in [2.24, 2.45) is 0 Å². The van der Waals surface area contributed by atoms with E-state index < -0.39 is 28.6 Å². The minimum absolute atomic E-state index is 0.0464. The van der Waals surface area contributed by atoms with Crippen LogP contribution in [0.4, 0.5) is 14.4 Å². The van der Waals surface area contributed by atoms with Gasteiger partial charge in [0.2, 0.25) is 0 Å². The number of urea groups is 3. The third-order valence-electron chi connectivity index (χ3n) is 7.76. The first-order valence-electron chi connectivity index (χ1n) is 19.4. The average molecular weight is 754 g/mol. The van der Waals surface area contributed by atoms with Gasteiger partial charge in [0.05, 0.1) is 0 Å². The number of ether oxygens (including phenoxy) is 1. The first-order valence-corrected chi connectivity index (χ1v) is 19.4. The lowest BCUT2D eigenvalue weighted by molar-refractivity contribution is 0.114. The van der Waals surface area contributed by atoms with Gasteiger partial charge in [-0.25, -0.2) is 37.9 Å². The van der Waals surface area contributed by atoms with Gasteiger partial charge in [0.1, 0.15) is 6.73 Å². The summed E-state index contributed by atoms with van der Waals surface area (Å²) in [7, 11) is 0. The van der Waals surface area contributed by atoms with Crippen LogP contribution >= 0.6 is 0 Å². The van der Waals surface area contributed by atoms with Crippen LogP contribution in [0.5, 0.6) is 0 Å². The maximum Gasteiger partial charge on any atom is 0.356 e. The third-order valence-corrected chi connectivity index (χ3v) is 7.76. The second-order valence-electron chi connectivity index (χ2n) is 16.7. The molecule has 0 atom stereocenters. The molecule has 0 aliphatic carbocycles. The van der Waals surface area contributed by atoms with Gasteiger partial charge < -0.3 is 31.3 Å². The summed E-state index contributed by atoms with van der Waals surface area (Å²) < 4.78 is 8.58. The van der Waals surface area contributed by atoms with Crippen molar-refractivity contribution in [1.82, 2.24) is 40.4 Å². The quantitative estimate of drug-likeness (QED) is 0.0852. The van der Waals surface area contributed by atoms with Crippen LogP contribution in [0.3, 0.4) is 0 Å². The van der Waals surface area contributed by atoms with Gasteiger partial charge in [-0.2, -0.15) is 5.01 Å². The predicted molar refractivity (Wildman–Crippen MR) is 210 cm³/mol. The molecular formula is C37H71N9O7. The second kappa shape index (κ2) is 23.1. The van der Waals surface area contributed by atoms with E-state index in [2.05, 4.69) is 33.5 Å². The number of hydrogen-bond acceptors (Lipinski definition) is 7. The van der Waals surface area contributed by atoms with Gasteiger partial charge in [-0.05, 0) is 94.4 Å². The van der Waals surface area contributed by atoms with E-state index in [9.17, 15) is 28.8 Å². The summed E-state index contributed by atoms with van der Waals surface area (Å²) in [6, 6.07) is -1.18. The molecule has 1 aromatic rings. The first kappa shape index (κ1) is 47.2. The largest absolute Gasteiger partial charge is 0.359 e. The number of carbonyl (C=O) groups is 3. The number of aromatic nitrogens is 3.